The van der Waals surface area contributed by atoms with E-state index in [1.54, 1.807) is 0 Å². The maximum atomic E-state index is 9.53. The van der Waals surface area contributed by atoms with Gasteiger partial charge in [0.25, 0.3) is 0 Å². The van der Waals surface area contributed by atoms with Crippen LogP contribution in [0.5, 0.6) is 0 Å². The topological polar surface area (TPSA) is 23.1 Å². The molecule has 0 unspecified atom stereocenters. The van der Waals surface area contributed by atoms with Crippen molar-refractivity contribution in [1.29, 1.82) is 0 Å². The van der Waals surface area contributed by atoms with Crippen molar-refractivity contribution in [3.8, 4) is 0 Å². The molecule has 0 aliphatic carbocycles. The van der Waals surface area contributed by atoms with Crippen LogP contribution in [-0.4, -0.2) is 21.8 Å². The third-order valence-electron chi connectivity index (χ3n) is 0.498. The van der Waals surface area contributed by atoms with E-state index in [1.165, 1.54) is 0 Å². The van der Waals surface area contributed by atoms with Crippen LogP contribution in [0.2, 0.25) is 11.6 Å². The van der Waals surface area contributed by atoms with Gasteiger partial charge < -0.3 is 5.11 Å². The summed E-state index contributed by atoms with van der Waals surface area (Å²) in [6.07, 6.45) is 1.86. The van der Waals surface area contributed by atoms with Crippen LogP contribution < -0.4 is 5.11 Å². The Balaban J connectivity index is 0. The molecule has 0 aliphatic heterocycles. The molecule has 48 valence electrons. The molecule has 0 N–H and O–H groups in total. The van der Waals surface area contributed by atoms with E-state index in [0.29, 0.717) is 0 Å². The quantitative estimate of drug-likeness (QED) is 0.510. The minimum absolute atomic E-state index is 0.0938. The molecule has 0 spiro atoms. The predicted molar refractivity (Wildman–Crippen MR) is 37.3 cm³/mol. The monoisotopic (exact) mass is 130 g/mol. The van der Waals surface area contributed by atoms with E-state index < -0.39 is 0 Å². The molecule has 2 heteroatoms. The Kier molecular flexibility index (Phi) is 22.1. The second-order valence-corrected chi connectivity index (χ2v) is 2.79. The fourth-order valence-electron chi connectivity index (χ4n) is 0.144. The van der Waals surface area contributed by atoms with Gasteiger partial charge in [0, 0.05) is 0 Å². The zero-order valence-corrected chi connectivity index (χ0v) is 7.26. The fraction of sp³-hybridized carbons (Fsp3) is 1.00. The van der Waals surface area contributed by atoms with Crippen molar-refractivity contribution in [3.05, 3.63) is 0 Å². The normalized spacial score (nSPS) is 6.50. The van der Waals surface area contributed by atoms with Crippen LogP contribution >= 0.6 is 0 Å². The van der Waals surface area contributed by atoms with Gasteiger partial charge in [0.05, 0.1) is 0 Å². The van der Waals surface area contributed by atoms with E-state index in [0.717, 1.165) is 28.1 Å². The Morgan fingerprint density at radius 1 is 1.38 bits per heavy atom. The summed E-state index contributed by atoms with van der Waals surface area (Å²) in [6, 6.07) is 0. The van der Waals surface area contributed by atoms with Crippen molar-refractivity contribution in [2.45, 2.75) is 31.3 Å². The zero-order valence-electron chi connectivity index (χ0n) is 6.11. The van der Waals surface area contributed by atoms with Crippen LogP contribution in [0.15, 0.2) is 0 Å². The van der Waals surface area contributed by atoms with E-state index >= 15 is 0 Å². The number of unbranched alkanes of at least 4 members (excludes halogenated alkanes) is 1. The Bertz CT molecular complexity index is 22.5. The van der Waals surface area contributed by atoms with Crippen LogP contribution in [0.25, 0.3) is 0 Å². The first-order chi connectivity index (χ1) is 3.83. The summed E-state index contributed by atoms with van der Waals surface area (Å²) in [4.78, 5) is 0. The van der Waals surface area contributed by atoms with E-state index in [-0.39, 0.29) is 6.61 Å². The Morgan fingerprint density at radius 3 is 1.75 bits per heavy atom. The number of hydrogen-bond acceptors (Lipinski definition) is 1. The fourth-order valence-corrected chi connectivity index (χ4v) is 0.144. The van der Waals surface area contributed by atoms with Crippen molar-refractivity contribution in [3.63, 3.8) is 0 Å². The summed E-state index contributed by atoms with van der Waals surface area (Å²) in [5.41, 5.74) is 0. The summed E-state index contributed by atoms with van der Waals surface area (Å²) in [5, 5.41) is 9.53. The number of rotatable bonds is 2. The maximum absolute atomic E-state index is 9.53. The molecule has 0 saturated heterocycles. The third kappa shape index (κ3) is 31.5. The molecule has 0 amide bonds. The summed E-state index contributed by atoms with van der Waals surface area (Å²) < 4.78 is 0. The van der Waals surface area contributed by atoms with Crippen molar-refractivity contribution in [2.24, 2.45) is 0 Å². The van der Waals surface area contributed by atoms with Crippen molar-refractivity contribution >= 4 is 15.2 Å². The van der Waals surface area contributed by atoms with Gasteiger partial charge in [-0.1, -0.05) is 19.8 Å². The van der Waals surface area contributed by atoms with Crippen LogP contribution in [0.1, 0.15) is 19.8 Å². The molecule has 0 saturated carbocycles. The van der Waals surface area contributed by atoms with Crippen molar-refractivity contribution in [1.82, 2.24) is 0 Å². The zero-order chi connectivity index (χ0) is 6.83. The summed E-state index contributed by atoms with van der Waals surface area (Å²) in [5.74, 6) is 4.42. The van der Waals surface area contributed by atoms with Crippen molar-refractivity contribution < 1.29 is 5.11 Å². The molecule has 0 aromatic rings. The van der Waals surface area contributed by atoms with E-state index in [2.05, 4.69) is 11.6 Å². The molecule has 0 bridgehead atoms. The molecule has 8 heavy (non-hydrogen) atoms. The van der Waals surface area contributed by atoms with Gasteiger partial charge in [-0.15, -0.1) is 6.61 Å². The van der Waals surface area contributed by atoms with E-state index in [4.69, 9.17) is 0 Å². The van der Waals surface area contributed by atoms with Crippen LogP contribution in [0.4, 0.5) is 0 Å². The van der Waals surface area contributed by atoms with Gasteiger partial charge in [0.15, 0.2) is 0 Å². The Morgan fingerprint density at radius 2 is 1.75 bits per heavy atom. The van der Waals surface area contributed by atoms with Gasteiger partial charge >= 0.3 is 26.8 Å². The van der Waals surface area contributed by atoms with Crippen LogP contribution in [0.3, 0.4) is 0 Å². The second-order valence-electron chi connectivity index (χ2n) is 1.64. The molecule has 0 rings (SSSR count). The molecule has 0 aliphatic rings. The first-order valence-corrected chi connectivity index (χ1v) is 5.46. The summed E-state index contributed by atoms with van der Waals surface area (Å²) in [7, 11) is 0. The average Bonchev–Trinajstić information content (AvgIpc) is 1.71. The van der Waals surface area contributed by atoms with Gasteiger partial charge in [-0.25, -0.2) is 0 Å². The van der Waals surface area contributed by atoms with Crippen molar-refractivity contribution in [2.75, 3.05) is 6.61 Å². The molecule has 0 aromatic carbocycles. The van der Waals surface area contributed by atoms with E-state index in [1.807, 2.05) is 6.92 Å². The van der Waals surface area contributed by atoms with Gasteiger partial charge in [0.1, 0.15) is 0 Å². The molecule has 0 radical (unpaired) electrons. The van der Waals surface area contributed by atoms with E-state index in [9.17, 15) is 5.11 Å². The summed E-state index contributed by atoms with van der Waals surface area (Å²) >= 11 is 0.750. The third-order valence-corrected chi connectivity index (χ3v) is 0.498. The Labute approximate surface area is 58.8 Å². The molecule has 1 nitrogen and oxygen atoms in total. The average molecular weight is 130 g/mol. The standard InChI is InChI=1S/C4H9O.2CH3.Al/c1-2-3-4-5;;;/h2-4H2,1H3;2*1H3;/q-1;;;+1. The van der Waals surface area contributed by atoms with Gasteiger partial charge in [-0.3, -0.25) is 0 Å². The molecule has 0 fully saturated rings. The van der Waals surface area contributed by atoms with Crippen LogP contribution in [0, 0.1) is 0 Å². The molecular formula is C6H15AlO. The van der Waals surface area contributed by atoms with Gasteiger partial charge in [0.2, 0.25) is 0 Å². The SMILES string of the molecule is CCCC[O-].[CH3][Al+][CH3]. The Hall–Kier alpha value is 0.492. The summed E-state index contributed by atoms with van der Waals surface area (Å²) in [6.45, 7) is 2.11. The first-order valence-electron chi connectivity index (χ1n) is 3.15. The van der Waals surface area contributed by atoms with Gasteiger partial charge in [-0.2, -0.15) is 0 Å². The number of hydrogen-bond donors (Lipinski definition) is 0. The molecule has 0 aromatic heterocycles. The minimum atomic E-state index is 0.0938. The first kappa shape index (κ1) is 11.3. The van der Waals surface area contributed by atoms with Crippen LogP contribution in [-0.2, 0) is 0 Å². The van der Waals surface area contributed by atoms with Gasteiger partial charge in [-0.05, 0) is 0 Å². The molecule has 0 atom stereocenters. The molecular weight excluding hydrogens is 115 g/mol. The predicted octanol–water partition coefficient (Wildman–Crippen LogP) is 0.934. The second kappa shape index (κ2) is 15.6. The molecule has 0 heterocycles.